The zero-order chi connectivity index (χ0) is 14.8. The fourth-order valence-electron chi connectivity index (χ4n) is 3.26. The standard InChI is InChI=1S/C17H23FN2O/c18-15-7-3-1-5-12(15)11-20(13-9-10-13)17(21)14-6-2-4-8-16(14)19/h1,3,5,7,13-14,16H,2,4,6,8-11,19H2. The molecule has 0 heterocycles. The summed E-state index contributed by atoms with van der Waals surface area (Å²) >= 11 is 0. The summed E-state index contributed by atoms with van der Waals surface area (Å²) in [6, 6.07) is 6.97. The van der Waals surface area contributed by atoms with Crippen molar-refractivity contribution >= 4 is 5.91 Å². The van der Waals surface area contributed by atoms with Gasteiger partial charge in [-0.1, -0.05) is 31.0 Å². The number of carbonyl (C=O) groups is 1. The summed E-state index contributed by atoms with van der Waals surface area (Å²) < 4.78 is 13.9. The number of nitrogens with zero attached hydrogens (tertiary/aromatic N) is 1. The van der Waals surface area contributed by atoms with E-state index in [1.54, 1.807) is 12.1 Å². The predicted octanol–water partition coefficient (Wildman–Crippen LogP) is 2.83. The van der Waals surface area contributed by atoms with Crippen LogP contribution in [0.5, 0.6) is 0 Å². The van der Waals surface area contributed by atoms with Crippen LogP contribution in [0.15, 0.2) is 24.3 Å². The van der Waals surface area contributed by atoms with Crippen molar-refractivity contribution in [2.45, 2.75) is 57.2 Å². The van der Waals surface area contributed by atoms with E-state index in [-0.39, 0.29) is 29.7 Å². The maximum Gasteiger partial charge on any atom is 0.227 e. The Balaban J connectivity index is 1.75. The first-order valence-corrected chi connectivity index (χ1v) is 7.96. The van der Waals surface area contributed by atoms with Gasteiger partial charge in [0, 0.05) is 24.2 Å². The van der Waals surface area contributed by atoms with E-state index in [2.05, 4.69) is 0 Å². The molecule has 2 aliphatic carbocycles. The van der Waals surface area contributed by atoms with Crippen LogP contribution in [0.25, 0.3) is 0 Å². The van der Waals surface area contributed by atoms with Gasteiger partial charge >= 0.3 is 0 Å². The lowest BCUT2D eigenvalue weighted by Gasteiger charge is -2.33. The highest BCUT2D eigenvalue weighted by Gasteiger charge is 2.38. The molecule has 1 aromatic carbocycles. The van der Waals surface area contributed by atoms with E-state index in [9.17, 15) is 9.18 Å². The fraction of sp³-hybridized carbons (Fsp3) is 0.588. The molecule has 21 heavy (non-hydrogen) atoms. The molecular formula is C17H23FN2O. The number of amides is 1. The van der Waals surface area contributed by atoms with Gasteiger partial charge in [-0.3, -0.25) is 4.79 Å². The average Bonchev–Trinajstić information content (AvgIpc) is 3.31. The molecule has 4 heteroatoms. The summed E-state index contributed by atoms with van der Waals surface area (Å²) in [4.78, 5) is 14.7. The Morgan fingerprint density at radius 1 is 1.19 bits per heavy atom. The molecule has 2 atom stereocenters. The molecule has 114 valence electrons. The Hall–Kier alpha value is -1.42. The molecule has 0 spiro atoms. The van der Waals surface area contributed by atoms with Crippen LogP contribution in [0.4, 0.5) is 4.39 Å². The number of halogens is 1. The minimum Gasteiger partial charge on any atom is -0.335 e. The SMILES string of the molecule is NC1CCCCC1C(=O)N(Cc1ccccc1F)C1CC1. The van der Waals surface area contributed by atoms with Crippen LogP contribution in [-0.4, -0.2) is 22.9 Å². The summed E-state index contributed by atoms with van der Waals surface area (Å²) in [5, 5.41) is 0. The minimum absolute atomic E-state index is 0.0341. The molecule has 2 unspecified atom stereocenters. The number of carbonyl (C=O) groups excluding carboxylic acids is 1. The molecule has 3 nitrogen and oxygen atoms in total. The van der Waals surface area contributed by atoms with Crippen molar-refractivity contribution in [3.05, 3.63) is 35.6 Å². The third-order valence-electron chi connectivity index (χ3n) is 4.71. The van der Waals surface area contributed by atoms with E-state index in [1.165, 1.54) is 6.07 Å². The van der Waals surface area contributed by atoms with Crippen LogP contribution in [0.3, 0.4) is 0 Å². The van der Waals surface area contributed by atoms with Crippen molar-refractivity contribution in [2.24, 2.45) is 11.7 Å². The van der Waals surface area contributed by atoms with Gasteiger partial charge in [0.15, 0.2) is 0 Å². The van der Waals surface area contributed by atoms with Gasteiger partial charge in [-0.15, -0.1) is 0 Å². The molecule has 1 amide bonds. The number of hydrogen-bond acceptors (Lipinski definition) is 2. The molecule has 0 bridgehead atoms. The molecule has 3 rings (SSSR count). The second kappa shape index (κ2) is 6.14. The Morgan fingerprint density at radius 2 is 1.90 bits per heavy atom. The van der Waals surface area contributed by atoms with Crippen LogP contribution in [0, 0.1) is 11.7 Å². The fourth-order valence-corrected chi connectivity index (χ4v) is 3.26. The van der Waals surface area contributed by atoms with E-state index in [0.29, 0.717) is 12.1 Å². The quantitative estimate of drug-likeness (QED) is 0.927. The van der Waals surface area contributed by atoms with Crippen LogP contribution in [0.2, 0.25) is 0 Å². The van der Waals surface area contributed by atoms with Crippen molar-refractivity contribution in [1.29, 1.82) is 0 Å². The number of benzene rings is 1. The lowest BCUT2D eigenvalue weighted by atomic mass is 9.84. The maximum atomic E-state index is 13.9. The Morgan fingerprint density at radius 3 is 2.57 bits per heavy atom. The number of hydrogen-bond donors (Lipinski definition) is 1. The predicted molar refractivity (Wildman–Crippen MR) is 79.9 cm³/mol. The van der Waals surface area contributed by atoms with E-state index in [0.717, 1.165) is 38.5 Å². The third kappa shape index (κ3) is 3.26. The Kier molecular flexibility index (Phi) is 4.24. The summed E-state index contributed by atoms with van der Waals surface area (Å²) in [6.07, 6.45) is 6.05. The van der Waals surface area contributed by atoms with Gasteiger partial charge in [0.2, 0.25) is 5.91 Å². The molecule has 2 aliphatic rings. The lowest BCUT2D eigenvalue weighted by Crippen LogP contribution is -2.46. The van der Waals surface area contributed by atoms with Gasteiger partial charge < -0.3 is 10.6 Å². The summed E-state index contributed by atoms with van der Waals surface area (Å²) in [5.41, 5.74) is 6.74. The van der Waals surface area contributed by atoms with E-state index in [1.807, 2.05) is 11.0 Å². The second-order valence-corrected chi connectivity index (χ2v) is 6.34. The smallest absolute Gasteiger partial charge is 0.227 e. The zero-order valence-corrected chi connectivity index (χ0v) is 12.3. The number of rotatable bonds is 4. The summed E-state index contributed by atoms with van der Waals surface area (Å²) in [6.45, 7) is 0.374. The van der Waals surface area contributed by atoms with Crippen LogP contribution in [-0.2, 0) is 11.3 Å². The highest BCUT2D eigenvalue weighted by Crippen LogP contribution is 2.33. The summed E-state index contributed by atoms with van der Waals surface area (Å²) in [7, 11) is 0. The molecule has 0 saturated heterocycles. The van der Waals surface area contributed by atoms with Crippen molar-refractivity contribution in [1.82, 2.24) is 4.90 Å². The highest BCUT2D eigenvalue weighted by molar-refractivity contribution is 5.80. The van der Waals surface area contributed by atoms with Crippen LogP contribution in [0.1, 0.15) is 44.1 Å². The Labute approximate surface area is 125 Å². The molecule has 0 radical (unpaired) electrons. The molecule has 0 aliphatic heterocycles. The van der Waals surface area contributed by atoms with Gasteiger partial charge in [0.1, 0.15) is 5.82 Å². The van der Waals surface area contributed by atoms with E-state index in [4.69, 9.17) is 5.73 Å². The van der Waals surface area contributed by atoms with E-state index >= 15 is 0 Å². The van der Waals surface area contributed by atoms with Gasteiger partial charge in [0.25, 0.3) is 0 Å². The molecule has 2 fully saturated rings. The first-order chi connectivity index (χ1) is 10.2. The van der Waals surface area contributed by atoms with Crippen molar-refractivity contribution in [3.8, 4) is 0 Å². The highest BCUT2D eigenvalue weighted by atomic mass is 19.1. The molecular weight excluding hydrogens is 267 g/mol. The lowest BCUT2D eigenvalue weighted by molar-refractivity contribution is -0.138. The van der Waals surface area contributed by atoms with Gasteiger partial charge in [-0.25, -0.2) is 4.39 Å². The largest absolute Gasteiger partial charge is 0.335 e. The van der Waals surface area contributed by atoms with E-state index < -0.39 is 0 Å². The first kappa shape index (κ1) is 14.5. The van der Waals surface area contributed by atoms with Crippen molar-refractivity contribution in [2.75, 3.05) is 0 Å². The summed E-state index contributed by atoms with van der Waals surface area (Å²) in [5.74, 6) is -0.178. The first-order valence-electron chi connectivity index (χ1n) is 7.96. The van der Waals surface area contributed by atoms with Gasteiger partial charge in [-0.05, 0) is 31.7 Å². The molecule has 1 aromatic rings. The van der Waals surface area contributed by atoms with Crippen molar-refractivity contribution < 1.29 is 9.18 Å². The van der Waals surface area contributed by atoms with Gasteiger partial charge in [0.05, 0.1) is 5.92 Å². The topological polar surface area (TPSA) is 46.3 Å². The van der Waals surface area contributed by atoms with Crippen LogP contribution >= 0.6 is 0 Å². The monoisotopic (exact) mass is 290 g/mol. The number of nitrogens with two attached hydrogens (primary N) is 1. The zero-order valence-electron chi connectivity index (χ0n) is 12.3. The normalized spacial score (nSPS) is 25.6. The molecule has 0 aromatic heterocycles. The maximum absolute atomic E-state index is 13.9. The minimum atomic E-state index is -0.233. The molecule has 2 N–H and O–H groups in total. The van der Waals surface area contributed by atoms with Crippen molar-refractivity contribution in [3.63, 3.8) is 0 Å². The van der Waals surface area contributed by atoms with Crippen LogP contribution < -0.4 is 5.73 Å². The third-order valence-corrected chi connectivity index (χ3v) is 4.71. The second-order valence-electron chi connectivity index (χ2n) is 6.34. The molecule has 2 saturated carbocycles. The van der Waals surface area contributed by atoms with Gasteiger partial charge in [-0.2, -0.15) is 0 Å². The Bertz CT molecular complexity index is 515. The average molecular weight is 290 g/mol.